The van der Waals surface area contributed by atoms with Crippen molar-refractivity contribution < 1.29 is 14.3 Å². The van der Waals surface area contributed by atoms with Crippen LogP contribution in [0.2, 0.25) is 0 Å². The lowest BCUT2D eigenvalue weighted by Crippen LogP contribution is -2.21. The molecule has 0 bridgehead atoms. The van der Waals surface area contributed by atoms with Gasteiger partial charge in [-0.05, 0) is 29.0 Å². The molecule has 21 heavy (non-hydrogen) atoms. The molecule has 1 aromatic heterocycles. The molecule has 0 aliphatic carbocycles. The zero-order valence-electron chi connectivity index (χ0n) is 11.5. The van der Waals surface area contributed by atoms with Crippen LogP contribution in [0.1, 0.15) is 23.7 Å². The Bertz CT molecular complexity index is 612. The van der Waals surface area contributed by atoms with E-state index in [1.165, 1.54) is 11.0 Å². The topological polar surface area (TPSA) is 99.0 Å². The first-order chi connectivity index (χ1) is 10.2. The molecule has 1 aromatic carbocycles. The second-order valence-electron chi connectivity index (χ2n) is 4.24. The maximum absolute atomic E-state index is 11.9. The smallest absolute Gasteiger partial charge is 0.340 e. The number of para-hydroxylation sites is 1. The molecule has 0 unspecified atom stereocenters. The Morgan fingerprint density at radius 3 is 2.86 bits per heavy atom. The van der Waals surface area contributed by atoms with Gasteiger partial charge in [0.2, 0.25) is 5.91 Å². The van der Waals surface area contributed by atoms with Gasteiger partial charge in [0.15, 0.2) is 0 Å². The van der Waals surface area contributed by atoms with Crippen molar-refractivity contribution in [1.82, 2.24) is 20.2 Å². The fourth-order valence-electron chi connectivity index (χ4n) is 1.63. The molecule has 8 nitrogen and oxygen atoms in total. The molecule has 0 radical (unpaired) electrons. The zero-order valence-corrected chi connectivity index (χ0v) is 11.5. The predicted octanol–water partition coefficient (Wildman–Crippen LogP) is 0.879. The fraction of sp³-hybridized carbons (Fsp3) is 0.308. The number of tetrazole rings is 1. The van der Waals surface area contributed by atoms with Gasteiger partial charge >= 0.3 is 5.97 Å². The zero-order chi connectivity index (χ0) is 15.1. The van der Waals surface area contributed by atoms with E-state index in [0.717, 1.165) is 6.42 Å². The molecule has 0 aliphatic rings. The minimum Gasteiger partial charge on any atom is -0.462 e. The minimum atomic E-state index is -0.463. The molecule has 1 heterocycles. The quantitative estimate of drug-likeness (QED) is 0.792. The molecule has 0 saturated carbocycles. The Hall–Kier alpha value is -2.77. The Kier molecular flexibility index (Phi) is 4.97. The third-order valence-corrected chi connectivity index (χ3v) is 2.56. The van der Waals surface area contributed by atoms with E-state index in [-0.39, 0.29) is 12.5 Å². The molecule has 0 fully saturated rings. The third-order valence-electron chi connectivity index (χ3n) is 2.56. The van der Waals surface area contributed by atoms with Gasteiger partial charge in [0.25, 0.3) is 0 Å². The van der Waals surface area contributed by atoms with E-state index < -0.39 is 5.97 Å². The first-order valence-corrected chi connectivity index (χ1v) is 6.47. The predicted molar refractivity (Wildman–Crippen MR) is 73.5 cm³/mol. The molecule has 0 aliphatic heterocycles. The van der Waals surface area contributed by atoms with Crippen LogP contribution in [0, 0.1) is 0 Å². The number of carbonyl (C=O) groups excluding carboxylic acids is 2. The molecule has 110 valence electrons. The van der Waals surface area contributed by atoms with Crippen LogP contribution in [0.4, 0.5) is 5.69 Å². The van der Waals surface area contributed by atoms with E-state index >= 15 is 0 Å². The molecule has 0 saturated heterocycles. The Morgan fingerprint density at radius 2 is 2.14 bits per heavy atom. The highest BCUT2D eigenvalue weighted by Crippen LogP contribution is 2.16. The van der Waals surface area contributed by atoms with Crippen molar-refractivity contribution in [2.75, 3.05) is 11.9 Å². The van der Waals surface area contributed by atoms with Gasteiger partial charge < -0.3 is 10.1 Å². The van der Waals surface area contributed by atoms with Crippen LogP contribution in [-0.4, -0.2) is 38.7 Å². The number of benzene rings is 1. The number of carbonyl (C=O) groups is 2. The number of hydrogen-bond donors (Lipinski definition) is 1. The van der Waals surface area contributed by atoms with Crippen LogP contribution >= 0.6 is 0 Å². The summed E-state index contributed by atoms with van der Waals surface area (Å²) in [5.41, 5.74) is 0.715. The Balaban J connectivity index is 2.05. The fourth-order valence-corrected chi connectivity index (χ4v) is 1.63. The average molecular weight is 289 g/mol. The second-order valence-corrected chi connectivity index (χ2v) is 4.24. The van der Waals surface area contributed by atoms with Gasteiger partial charge in [0.05, 0.1) is 17.9 Å². The van der Waals surface area contributed by atoms with E-state index in [1.807, 2.05) is 6.92 Å². The molecule has 2 aromatic rings. The number of rotatable bonds is 6. The lowest BCUT2D eigenvalue weighted by molar-refractivity contribution is -0.116. The molecule has 2 rings (SSSR count). The molecule has 1 amide bonds. The summed E-state index contributed by atoms with van der Waals surface area (Å²) in [6, 6.07) is 6.67. The molecule has 0 atom stereocenters. The summed E-state index contributed by atoms with van der Waals surface area (Å²) >= 11 is 0. The summed E-state index contributed by atoms with van der Waals surface area (Å²) < 4.78 is 6.36. The number of nitrogens with zero attached hydrogens (tertiary/aromatic N) is 4. The lowest BCUT2D eigenvalue weighted by Gasteiger charge is -2.10. The number of esters is 1. The van der Waals surface area contributed by atoms with Crippen molar-refractivity contribution >= 4 is 17.6 Å². The van der Waals surface area contributed by atoms with Crippen LogP contribution in [0.5, 0.6) is 0 Å². The summed E-state index contributed by atoms with van der Waals surface area (Å²) in [5.74, 6) is -0.798. The van der Waals surface area contributed by atoms with Crippen molar-refractivity contribution in [3.63, 3.8) is 0 Å². The second kappa shape index (κ2) is 7.13. The highest BCUT2D eigenvalue weighted by Gasteiger charge is 2.14. The largest absolute Gasteiger partial charge is 0.462 e. The molecular weight excluding hydrogens is 274 g/mol. The number of nitrogens with one attached hydrogen (secondary N) is 1. The van der Waals surface area contributed by atoms with E-state index in [1.54, 1.807) is 24.3 Å². The average Bonchev–Trinajstić information content (AvgIpc) is 2.98. The Morgan fingerprint density at radius 1 is 1.33 bits per heavy atom. The number of ether oxygens (including phenoxy) is 1. The molecule has 0 spiro atoms. The van der Waals surface area contributed by atoms with Gasteiger partial charge in [-0.15, -0.1) is 5.10 Å². The van der Waals surface area contributed by atoms with Crippen molar-refractivity contribution in [3.8, 4) is 0 Å². The van der Waals surface area contributed by atoms with Crippen molar-refractivity contribution in [1.29, 1.82) is 0 Å². The van der Waals surface area contributed by atoms with Crippen LogP contribution in [-0.2, 0) is 16.1 Å². The van der Waals surface area contributed by atoms with E-state index in [4.69, 9.17) is 4.74 Å². The van der Waals surface area contributed by atoms with Crippen molar-refractivity contribution in [3.05, 3.63) is 36.2 Å². The summed E-state index contributed by atoms with van der Waals surface area (Å²) in [7, 11) is 0. The summed E-state index contributed by atoms with van der Waals surface area (Å²) in [6.07, 6.45) is 2.07. The van der Waals surface area contributed by atoms with E-state index in [9.17, 15) is 9.59 Å². The van der Waals surface area contributed by atoms with Gasteiger partial charge in [0, 0.05) is 0 Å². The monoisotopic (exact) mass is 289 g/mol. The molecule has 8 heteroatoms. The number of hydrogen-bond acceptors (Lipinski definition) is 6. The first-order valence-electron chi connectivity index (χ1n) is 6.47. The maximum atomic E-state index is 11.9. The summed E-state index contributed by atoms with van der Waals surface area (Å²) in [5, 5.41) is 13.1. The number of anilines is 1. The first kappa shape index (κ1) is 14.6. The number of aromatic nitrogens is 4. The van der Waals surface area contributed by atoms with Gasteiger partial charge in [-0.3, -0.25) is 4.79 Å². The van der Waals surface area contributed by atoms with E-state index in [0.29, 0.717) is 17.9 Å². The van der Waals surface area contributed by atoms with Crippen LogP contribution in [0.15, 0.2) is 30.6 Å². The van der Waals surface area contributed by atoms with Crippen LogP contribution in [0.3, 0.4) is 0 Å². The van der Waals surface area contributed by atoms with Crippen LogP contribution < -0.4 is 5.32 Å². The summed E-state index contributed by atoms with van der Waals surface area (Å²) in [6.45, 7) is 2.21. The van der Waals surface area contributed by atoms with Crippen LogP contribution in [0.25, 0.3) is 0 Å². The van der Waals surface area contributed by atoms with Gasteiger partial charge in [-0.25, -0.2) is 9.48 Å². The normalized spacial score (nSPS) is 10.1. The SMILES string of the molecule is CCCOC(=O)c1ccccc1NC(=O)Cn1cnnn1. The standard InChI is InChI=1S/C13H15N5O3/c1-2-7-21-13(20)10-5-3-4-6-11(10)15-12(19)8-18-9-14-16-17-18/h3-6,9H,2,7-8H2,1H3,(H,15,19). The molecular formula is C13H15N5O3. The van der Waals surface area contributed by atoms with Crippen molar-refractivity contribution in [2.24, 2.45) is 0 Å². The Labute approximate surface area is 121 Å². The van der Waals surface area contributed by atoms with Gasteiger partial charge in [-0.1, -0.05) is 19.1 Å². The van der Waals surface area contributed by atoms with Crippen molar-refractivity contribution in [2.45, 2.75) is 19.9 Å². The van der Waals surface area contributed by atoms with E-state index in [2.05, 4.69) is 20.8 Å². The maximum Gasteiger partial charge on any atom is 0.340 e. The highest BCUT2D eigenvalue weighted by atomic mass is 16.5. The molecule has 1 N–H and O–H groups in total. The minimum absolute atomic E-state index is 0.0364. The summed E-state index contributed by atoms with van der Waals surface area (Å²) in [4.78, 5) is 23.8. The van der Waals surface area contributed by atoms with Gasteiger partial charge in [0.1, 0.15) is 12.9 Å². The highest BCUT2D eigenvalue weighted by molar-refractivity contribution is 6.01. The number of amides is 1. The third kappa shape index (κ3) is 4.10. The van der Waals surface area contributed by atoms with Gasteiger partial charge in [-0.2, -0.15) is 0 Å². The lowest BCUT2D eigenvalue weighted by atomic mass is 10.2.